The molecule has 1 aromatic carbocycles. The molecule has 128 valence electrons. The molecular weight excluding hydrogens is 308 g/mol. The predicted molar refractivity (Wildman–Crippen MR) is 87.3 cm³/mol. The van der Waals surface area contributed by atoms with Gasteiger partial charge in [0, 0.05) is 24.4 Å². The van der Waals surface area contributed by atoms with Gasteiger partial charge in [0.15, 0.2) is 11.4 Å². The zero-order chi connectivity index (χ0) is 16.6. The van der Waals surface area contributed by atoms with Gasteiger partial charge >= 0.3 is 0 Å². The monoisotopic (exact) mass is 330 g/mol. The van der Waals surface area contributed by atoms with Crippen molar-refractivity contribution >= 4 is 16.9 Å². The lowest BCUT2D eigenvalue weighted by Crippen LogP contribution is -2.49. The number of aromatic nitrogens is 1. The van der Waals surface area contributed by atoms with E-state index in [0.29, 0.717) is 25.5 Å². The second kappa shape index (κ2) is 6.18. The van der Waals surface area contributed by atoms with Crippen LogP contribution in [-0.4, -0.2) is 48.1 Å². The topological polar surface area (TPSA) is 64.8 Å². The minimum atomic E-state index is -0.556. The van der Waals surface area contributed by atoms with Crippen molar-refractivity contribution in [3.63, 3.8) is 0 Å². The number of fused-ring (bicyclic) bond motifs is 1. The number of nitrogens with zero attached hydrogens (tertiary/aromatic N) is 2. The lowest BCUT2D eigenvalue weighted by atomic mass is 9.90. The maximum absolute atomic E-state index is 12.7. The van der Waals surface area contributed by atoms with E-state index in [1.807, 2.05) is 36.1 Å². The van der Waals surface area contributed by atoms with Crippen molar-refractivity contribution in [2.24, 2.45) is 5.92 Å². The molecule has 1 unspecified atom stereocenters. The van der Waals surface area contributed by atoms with E-state index in [9.17, 15) is 4.79 Å². The summed E-state index contributed by atoms with van der Waals surface area (Å²) in [5.74, 6) is -0.258. The SMILES string of the molecule is CC1(C2CCCN(C(=O)Cc3noc4ccccc34)C2)OCCO1. The number of likely N-dealkylation sites (tertiary alicyclic amines) is 1. The van der Waals surface area contributed by atoms with Gasteiger partial charge in [0.2, 0.25) is 5.91 Å². The number of amides is 1. The number of benzene rings is 1. The zero-order valence-electron chi connectivity index (χ0n) is 13.9. The Labute approximate surface area is 140 Å². The molecule has 24 heavy (non-hydrogen) atoms. The summed E-state index contributed by atoms with van der Waals surface area (Å²) in [6, 6.07) is 7.63. The molecule has 0 saturated carbocycles. The van der Waals surface area contributed by atoms with Gasteiger partial charge < -0.3 is 18.9 Å². The first-order valence-corrected chi connectivity index (χ1v) is 8.55. The summed E-state index contributed by atoms with van der Waals surface area (Å²) < 4.78 is 16.9. The van der Waals surface area contributed by atoms with Crippen molar-refractivity contribution in [1.82, 2.24) is 10.1 Å². The number of hydrogen-bond acceptors (Lipinski definition) is 5. The molecule has 0 radical (unpaired) electrons. The predicted octanol–water partition coefficient (Wildman–Crippen LogP) is 2.37. The van der Waals surface area contributed by atoms with Gasteiger partial charge in [0.05, 0.1) is 19.6 Å². The molecule has 3 heterocycles. The van der Waals surface area contributed by atoms with Crippen molar-refractivity contribution in [3.8, 4) is 0 Å². The Morgan fingerprint density at radius 2 is 2.12 bits per heavy atom. The quantitative estimate of drug-likeness (QED) is 0.864. The van der Waals surface area contributed by atoms with E-state index in [0.717, 1.165) is 30.4 Å². The molecule has 2 aliphatic heterocycles. The van der Waals surface area contributed by atoms with Crippen LogP contribution in [0.1, 0.15) is 25.5 Å². The first-order chi connectivity index (χ1) is 11.7. The highest BCUT2D eigenvalue weighted by Gasteiger charge is 2.42. The third kappa shape index (κ3) is 2.80. The van der Waals surface area contributed by atoms with E-state index >= 15 is 0 Å². The maximum atomic E-state index is 12.7. The molecule has 1 amide bonds. The van der Waals surface area contributed by atoms with Gasteiger partial charge in [-0.05, 0) is 31.9 Å². The van der Waals surface area contributed by atoms with Crippen molar-refractivity contribution < 1.29 is 18.8 Å². The molecular formula is C18H22N2O4. The minimum Gasteiger partial charge on any atom is -0.356 e. The fraction of sp³-hybridized carbons (Fsp3) is 0.556. The van der Waals surface area contributed by atoms with Crippen molar-refractivity contribution in [2.75, 3.05) is 26.3 Å². The van der Waals surface area contributed by atoms with Crippen LogP contribution in [0, 0.1) is 5.92 Å². The van der Waals surface area contributed by atoms with Crippen LogP contribution in [-0.2, 0) is 20.7 Å². The molecule has 2 fully saturated rings. The highest BCUT2D eigenvalue weighted by molar-refractivity contribution is 5.86. The van der Waals surface area contributed by atoms with Crippen LogP contribution >= 0.6 is 0 Å². The van der Waals surface area contributed by atoms with Crippen LogP contribution in [0.4, 0.5) is 0 Å². The minimum absolute atomic E-state index is 0.0837. The summed E-state index contributed by atoms with van der Waals surface area (Å²) in [6.07, 6.45) is 2.26. The van der Waals surface area contributed by atoms with Crippen LogP contribution < -0.4 is 0 Å². The van der Waals surface area contributed by atoms with Crippen LogP contribution in [0.3, 0.4) is 0 Å². The fourth-order valence-electron chi connectivity index (χ4n) is 3.72. The molecule has 2 aliphatic rings. The van der Waals surface area contributed by atoms with Gasteiger partial charge in [-0.3, -0.25) is 4.79 Å². The Hall–Kier alpha value is -1.92. The van der Waals surface area contributed by atoms with Gasteiger partial charge in [-0.25, -0.2) is 0 Å². The molecule has 0 bridgehead atoms. The van der Waals surface area contributed by atoms with Gasteiger partial charge in [-0.2, -0.15) is 0 Å². The summed E-state index contributed by atoms with van der Waals surface area (Å²) in [5, 5.41) is 4.98. The second-order valence-corrected chi connectivity index (χ2v) is 6.69. The summed E-state index contributed by atoms with van der Waals surface area (Å²) in [7, 11) is 0. The average Bonchev–Trinajstić information content (AvgIpc) is 3.23. The number of carbonyl (C=O) groups is 1. The average molecular weight is 330 g/mol. The highest BCUT2D eigenvalue weighted by atomic mass is 16.7. The molecule has 2 saturated heterocycles. The molecule has 6 heteroatoms. The van der Waals surface area contributed by atoms with E-state index in [4.69, 9.17) is 14.0 Å². The smallest absolute Gasteiger partial charge is 0.228 e. The molecule has 6 nitrogen and oxygen atoms in total. The van der Waals surface area contributed by atoms with Crippen molar-refractivity contribution in [3.05, 3.63) is 30.0 Å². The standard InChI is InChI=1S/C18H22N2O4/c1-18(22-9-10-23-18)13-5-4-8-20(12-13)17(21)11-15-14-6-2-3-7-16(14)24-19-15/h2-3,6-7,13H,4-5,8-12H2,1H3. The van der Waals surface area contributed by atoms with Crippen LogP contribution in [0.15, 0.2) is 28.8 Å². The number of carbonyl (C=O) groups excluding carboxylic acids is 1. The van der Waals surface area contributed by atoms with E-state index < -0.39 is 5.79 Å². The molecule has 4 rings (SSSR count). The lowest BCUT2D eigenvalue weighted by Gasteiger charge is -2.39. The molecule has 1 atom stereocenters. The fourth-order valence-corrected chi connectivity index (χ4v) is 3.72. The molecule has 1 aromatic heterocycles. The Morgan fingerprint density at radius 1 is 1.33 bits per heavy atom. The summed E-state index contributed by atoms with van der Waals surface area (Å²) in [5.41, 5.74) is 1.43. The molecule has 0 N–H and O–H groups in total. The number of ether oxygens (including phenoxy) is 2. The second-order valence-electron chi connectivity index (χ2n) is 6.69. The Balaban J connectivity index is 1.46. The first-order valence-electron chi connectivity index (χ1n) is 8.55. The van der Waals surface area contributed by atoms with Crippen LogP contribution in [0.5, 0.6) is 0 Å². The van der Waals surface area contributed by atoms with E-state index in [1.54, 1.807) is 0 Å². The first kappa shape index (κ1) is 15.6. The van der Waals surface area contributed by atoms with E-state index in [-0.39, 0.29) is 18.2 Å². The molecule has 2 aromatic rings. The summed E-state index contributed by atoms with van der Waals surface area (Å²) >= 11 is 0. The highest BCUT2D eigenvalue weighted by Crippen LogP contribution is 2.34. The molecule has 0 spiro atoms. The van der Waals surface area contributed by atoms with Gasteiger partial charge in [0.25, 0.3) is 0 Å². The summed E-state index contributed by atoms with van der Waals surface area (Å²) in [4.78, 5) is 14.6. The van der Waals surface area contributed by atoms with Crippen LogP contribution in [0.2, 0.25) is 0 Å². The van der Waals surface area contributed by atoms with Gasteiger partial charge in [-0.1, -0.05) is 17.3 Å². The Morgan fingerprint density at radius 3 is 2.96 bits per heavy atom. The third-order valence-electron chi connectivity index (χ3n) is 5.15. The number of rotatable bonds is 3. The van der Waals surface area contributed by atoms with E-state index in [2.05, 4.69) is 5.16 Å². The van der Waals surface area contributed by atoms with Gasteiger partial charge in [0.1, 0.15) is 5.69 Å². The Kier molecular flexibility index (Phi) is 4.02. The lowest BCUT2D eigenvalue weighted by molar-refractivity contribution is -0.192. The largest absolute Gasteiger partial charge is 0.356 e. The Bertz CT molecular complexity index is 735. The number of hydrogen-bond donors (Lipinski definition) is 0. The summed E-state index contributed by atoms with van der Waals surface area (Å²) in [6.45, 7) is 4.70. The van der Waals surface area contributed by atoms with Crippen LogP contribution in [0.25, 0.3) is 11.0 Å². The maximum Gasteiger partial charge on any atom is 0.228 e. The van der Waals surface area contributed by atoms with Crippen molar-refractivity contribution in [2.45, 2.75) is 32.0 Å². The number of piperidine rings is 1. The zero-order valence-corrected chi connectivity index (χ0v) is 13.9. The number of para-hydroxylation sites is 1. The third-order valence-corrected chi connectivity index (χ3v) is 5.15. The van der Waals surface area contributed by atoms with Crippen molar-refractivity contribution in [1.29, 1.82) is 0 Å². The normalized spacial score (nSPS) is 23.7. The van der Waals surface area contributed by atoms with Gasteiger partial charge in [-0.15, -0.1) is 0 Å². The van der Waals surface area contributed by atoms with E-state index in [1.165, 1.54) is 0 Å². The molecule has 0 aliphatic carbocycles.